The standard InChI is InChI=1S/C8H12BNO/c1-2-3-6-10(9)8(7-11)4-5-8/h2,7H,1,3-6H2. The lowest BCUT2D eigenvalue weighted by Crippen LogP contribution is -2.36. The van der Waals surface area contributed by atoms with Crippen molar-refractivity contribution in [2.45, 2.75) is 24.8 Å². The van der Waals surface area contributed by atoms with Crippen LogP contribution in [0, 0.1) is 0 Å². The van der Waals surface area contributed by atoms with E-state index >= 15 is 0 Å². The molecule has 0 atom stereocenters. The van der Waals surface area contributed by atoms with Crippen molar-refractivity contribution >= 4 is 14.3 Å². The molecule has 2 nitrogen and oxygen atoms in total. The van der Waals surface area contributed by atoms with Crippen LogP contribution in [0.25, 0.3) is 0 Å². The topological polar surface area (TPSA) is 20.3 Å². The van der Waals surface area contributed by atoms with E-state index in [4.69, 9.17) is 7.98 Å². The molecule has 3 heteroatoms. The van der Waals surface area contributed by atoms with Gasteiger partial charge in [0.05, 0.1) is 5.54 Å². The molecule has 0 N–H and O–H groups in total. The van der Waals surface area contributed by atoms with Crippen molar-refractivity contribution in [3.63, 3.8) is 0 Å². The van der Waals surface area contributed by atoms with Gasteiger partial charge >= 0.3 is 0 Å². The smallest absolute Gasteiger partial charge is 0.183 e. The zero-order chi connectivity index (χ0) is 8.32. The first-order valence-electron chi connectivity index (χ1n) is 3.85. The number of rotatable bonds is 5. The van der Waals surface area contributed by atoms with Gasteiger partial charge in [-0.1, -0.05) is 6.08 Å². The van der Waals surface area contributed by atoms with Crippen LogP contribution in [-0.4, -0.2) is 31.2 Å². The quantitative estimate of drug-likeness (QED) is 0.325. The van der Waals surface area contributed by atoms with E-state index in [0.717, 1.165) is 32.1 Å². The normalized spacial score (nSPS) is 19.7. The zero-order valence-corrected chi connectivity index (χ0v) is 6.62. The van der Waals surface area contributed by atoms with E-state index in [9.17, 15) is 4.79 Å². The van der Waals surface area contributed by atoms with Crippen LogP contribution in [0.1, 0.15) is 19.3 Å². The summed E-state index contributed by atoms with van der Waals surface area (Å²) in [6.07, 6.45) is 5.41. The Hall–Kier alpha value is -0.565. The SMILES string of the molecule is [B]N(CCC=C)C1(C=O)CC1. The second-order valence-corrected chi connectivity index (χ2v) is 2.99. The molecular formula is C8H12BNO. The van der Waals surface area contributed by atoms with Gasteiger partial charge in [0, 0.05) is 0 Å². The van der Waals surface area contributed by atoms with Crippen molar-refractivity contribution in [2.75, 3.05) is 6.54 Å². The Bertz CT molecular complexity index is 165. The first-order chi connectivity index (χ1) is 5.25. The van der Waals surface area contributed by atoms with E-state index in [1.807, 2.05) is 0 Å². The predicted octanol–water partition coefficient (Wildman–Crippen LogP) is 0.679. The van der Waals surface area contributed by atoms with Crippen LogP contribution in [0.2, 0.25) is 0 Å². The molecule has 1 saturated carbocycles. The number of hydrogen-bond acceptors (Lipinski definition) is 2. The lowest BCUT2D eigenvalue weighted by molar-refractivity contribution is -0.112. The highest BCUT2D eigenvalue weighted by Gasteiger charge is 2.45. The van der Waals surface area contributed by atoms with Crippen LogP contribution in [0.4, 0.5) is 0 Å². The van der Waals surface area contributed by atoms with Gasteiger partial charge in [0.1, 0.15) is 6.29 Å². The average Bonchev–Trinajstić information content (AvgIpc) is 2.80. The largest absolute Gasteiger partial charge is 0.342 e. The molecule has 1 aliphatic carbocycles. The number of carbonyl (C=O) groups excluding carboxylic acids is 1. The molecule has 0 aromatic carbocycles. The van der Waals surface area contributed by atoms with Crippen molar-refractivity contribution in [2.24, 2.45) is 0 Å². The molecule has 0 saturated heterocycles. The maximum Gasteiger partial charge on any atom is 0.183 e. The molecule has 11 heavy (non-hydrogen) atoms. The number of nitrogens with zero attached hydrogens (tertiary/aromatic N) is 1. The molecule has 0 amide bonds. The van der Waals surface area contributed by atoms with Gasteiger partial charge in [-0.25, -0.2) is 0 Å². The van der Waals surface area contributed by atoms with Gasteiger partial charge in [-0.15, -0.1) is 6.58 Å². The molecule has 1 aliphatic rings. The second-order valence-electron chi connectivity index (χ2n) is 2.99. The molecule has 1 rings (SSSR count). The van der Waals surface area contributed by atoms with E-state index in [2.05, 4.69) is 6.58 Å². The van der Waals surface area contributed by atoms with Crippen molar-refractivity contribution in [1.29, 1.82) is 0 Å². The highest BCUT2D eigenvalue weighted by Crippen LogP contribution is 2.38. The summed E-state index contributed by atoms with van der Waals surface area (Å²) < 4.78 is 0. The summed E-state index contributed by atoms with van der Waals surface area (Å²) in [7, 11) is 5.66. The Balaban J connectivity index is 2.34. The van der Waals surface area contributed by atoms with Gasteiger partial charge in [0.15, 0.2) is 7.98 Å². The lowest BCUT2D eigenvalue weighted by atomic mass is 10.1. The molecule has 0 aliphatic heterocycles. The molecule has 58 valence electrons. The Labute approximate surface area is 68.7 Å². The molecule has 2 radical (unpaired) electrons. The summed E-state index contributed by atoms with van der Waals surface area (Å²) in [4.78, 5) is 12.2. The second kappa shape index (κ2) is 3.22. The third kappa shape index (κ3) is 1.72. The van der Waals surface area contributed by atoms with Gasteiger partial charge < -0.3 is 9.61 Å². The first kappa shape index (κ1) is 8.53. The number of hydrogen-bond donors (Lipinski definition) is 0. The van der Waals surface area contributed by atoms with Crippen LogP contribution in [0.15, 0.2) is 12.7 Å². The summed E-state index contributed by atoms with van der Waals surface area (Å²) in [6.45, 7) is 4.31. The minimum atomic E-state index is -0.316. The molecule has 1 fully saturated rings. The Morgan fingerprint density at radius 3 is 2.64 bits per heavy atom. The van der Waals surface area contributed by atoms with Gasteiger partial charge in [0.25, 0.3) is 0 Å². The highest BCUT2D eigenvalue weighted by molar-refractivity contribution is 6.06. The number of carbonyl (C=O) groups is 1. The maximum absolute atomic E-state index is 10.5. The van der Waals surface area contributed by atoms with Crippen molar-refractivity contribution < 1.29 is 4.79 Å². The summed E-state index contributed by atoms with van der Waals surface area (Å²) >= 11 is 0. The molecule has 0 bridgehead atoms. The zero-order valence-electron chi connectivity index (χ0n) is 6.62. The molecular weight excluding hydrogens is 137 g/mol. The van der Waals surface area contributed by atoms with E-state index in [1.54, 1.807) is 10.9 Å². The van der Waals surface area contributed by atoms with Gasteiger partial charge in [-0.05, 0) is 25.8 Å². The molecule has 0 unspecified atom stereocenters. The van der Waals surface area contributed by atoms with Gasteiger partial charge in [-0.2, -0.15) is 0 Å². The summed E-state index contributed by atoms with van der Waals surface area (Å²) in [5.41, 5.74) is -0.316. The van der Waals surface area contributed by atoms with Crippen LogP contribution < -0.4 is 0 Å². The van der Waals surface area contributed by atoms with Crippen LogP contribution in [0.5, 0.6) is 0 Å². The van der Waals surface area contributed by atoms with E-state index in [1.165, 1.54) is 0 Å². The average molecular weight is 149 g/mol. The van der Waals surface area contributed by atoms with Crippen LogP contribution in [-0.2, 0) is 4.79 Å². The Kier molecular flexibility index (Phi) is 2.50. The monoisotopic (exact) mass is 149 g/mol. The Morgan fingerprint density at radius 1 is 1.64 bits per heavy atom. The van der Waals surface area contributed by atoms with Crippen LogP contribution >= 0.6 is 0 Å². The first-order valence-corrected chi connectivity index (χ1v) is 3.85. The van der Waals surface area contributed by atoms with E-state index in [0.29, 0.717) is 0 Å². The van der Waals surface area contributed by atoms with Crippen molar-refractivity contribution in [3.8, 4) is 0 Å². The fraction of sp³-hybridized carbons (Fsp3) is 0.625. The van der Waals surface area contributed by atoms with Crippen molar-refractivity contribution in [3.05, 3.63) is 12.7 Å². The Morgan fingerprint density at radius 2 is 2.27 bits per heavy atom. The lowest BCUT2D eigenvalue weighted by Gasteiger charge is -2.22. The third-order valence-corrected chi connectivity index (χ3v) is 2.13. The molecule has 0 aromatic rings. The predicted molar refractivity (Wildman–Crippen MR) is 45.3 cm³/mol. The molecule has 0 spiro atoms. The molecule has 0 aromatic heterocycles. The summed E-state index contributed by atoms with van der Waals surface area (Å²) in [6, 6.07) is 0. The summed E-state index contributed by atoms with van der Waals surface area (Å²) in [5, 5.41) is 0. The highest BCUT2D eigenvalue weighted by atomic mass is 16.1. The van der Waals surface area contributed by atoms with Gasteiger partial charge in [0.2, 0.25) is 0 Å². The minimum absolute atomic E-state index is 0.316. The van der Waals surface area contributed by atoms with Crippen molar-refractivity contribution in [1.82, 2.24) is 4.81 Å². The fourth-order valence-corrected chi connectivity index (χ4v) is 1.05. The molecule has 0 heterocycles. The van der Waals surface area contributed by atoms with Gasteiger partial charge in [-0.3, -0.25) is 0 Å². The minimum Gasteiger partial charge on any atom is -0.342 e. The van der Waals surface area contributed by atoms with E-state index in [-0.39, 0.29) is 5.54 Å². The maximum atomic E-state index is 10.5. The van der Waals surface area contributed by atoms with Crippen LogP contribution in [0.3, 0.4) is 0 Å². The number of aldehydes is 1. The third-order valence-electron chi connectivity index (χ3n) is 2.13. The van der Waals surface area contributed by atoms with E-state index < -0.39 is 0 Å². The summed E-state index contributed by atoms with van der Waals surface area (Å²) in [5.74, 6) is 0. The fourth-order valence-electron chi connectivity index (χ4n) is 1.05.